The second kappa shape index (κ2) is 15.4. The van der Waals surface area contributed by atoms with E-state index < -0.39 is 12.3 Å². The lowest BCUT2D eigenvalue weighted by atomic mass is 9.89. The quantitative estimate of drug-likeness (QED) is 0.234. The zero-order valence-electron chi connectivity index (χ0n) is 25.5. The van der Waals surface area contributed by atoms with Crippen LogP contribution in [0.5, 0.6) is 0 Å². The van der Waals surface area contributed by atoms with Gasteiger partial charge in [-0.15, -0.1) is 0 Å². The van der Waals surface area contributed by atoms with Gasteiger partial charge < -0.3 is 29.9 Å². The Morgan fingerprint density at radius 1 is 0.864 bits per heavy atom. The molecule has 0 spiro atoms. The van der Waals surface area contributed by atoms with E-state index in [1.54, 1.807) is 0 Å². The minimum atomic E-state index is -0.893. The largest absolute Gasteiger partial charge is 0.481 e. The van der Waals surface area contributed by atoms with E-state index in [1.165, 1.54) is 19.3 Å². The third kappa shape index (κ3) is 8.54. The molecule has 0 saturated carbocycles. The van der Waals surface area contributed by atoms with Crippen molar-refractivity contribution in [3.8, 4) is 11.1 Å². The van der Waals surface area contributed by atoms with Crippen LogP contribution in [0.15, 0.2) is 72.8 Å². The summed E-state index contributed by atoms with van der Waals surface area (Å²) < 4.78 is 13.4. The second-order valence-corrected chi connectivity index (χ2v) is 12.0. The maximum Gasteiger partial charge on any atom is 0.303 e. The van der Waals surface area contributed by atoms with Gasteiger partial charge >= 0.3 is 5.97 Å². The Morgan fingerprint density at radius 3 is 2.32 bits per heavy atom. The van der Waals surface area contributed by atoms with E-state index in [1.807, 2.05) is 36.4 Å². The lowest BCUT2D eigenvalue weighted by molar-refractivity contribution is -0.276. The molecular weight excluding hydrogens is 556 g/mol. The molecule has 3 aromatic carbocycles. The summed E-state index contributed by atoms with van der Waals surface area (Å²) in [5.74, 6) is -0.900. The number of aliphatic carboxylic acids is 1. The number of hydrogen-bond donors (Lipinski definition) is 3. The van der Waals surface area contributed by atoms with Crippen LogP contribution in [-0.2, 0) is 32.2 Å². The normalized spacial score (nSPS) is 22.4. The van der Waals surface area contributed by atoms with E-state index in [0.717, 1.165) is 53.0 Å². The van der Waals surface area contributed by atoms with Gasteiger partial charge in [0.15, 0.2) is 6.29 Å². The van der Waals surface area contributed by atoms with E-state index in [4.69, 9.17) is 14.6 Å². The highest BCUT2D eigenvalue weighted by Gasteiger charge is 2.39. The third-order valence-corrected chi connectivity index (χ3v) is 8.71. The number of nitrogens with zero attached hydrogens (tertiary/aromatic N) is 1. The van der Waals surface area contributed by atoms with Crippen molar-refractivity contribution in [2.24, 2.45) is 5.92 Å². The fourth-order valence-electron chi connectivity index (χ4n) is 6.14. The molecule has 8 heteroatoms. The number of carboxylic acids is 1. The molecule has 44 heavy (non-hydrogen) atoms. The first-order valence-electron chi connectivity index (χ1n) is 15.8. The van der Waals surface area contributed by atoms with Gasteiger partial charge in [-0.3, -0.25) is 9.59 Å². The molecule has 2 heterocycles. The van der Waals surface area contributed by atoms with Crippen LogP contribution in [0, 0.1) is 5.92 Å². The average molecular weight is 601 g/mol. The summed E-state index contributed by atoms with van der Waals surface area (Å²) in [7, 11) is 0. The van der Waals surface area contributed by atoms with E-state index in [0.29, 0.717) is 13.0 Å². The lowest BCUT2D eigenvalue weighted by Gasteiger charge is -2.43. The minimum absolute atomic E-state index is 0.000428. The summed E-state index contributed by atoms with van der Waals surface area (Å²) in [4.78, 5) is 25.4. The van der Waals surface area contributed by atoms with Gasteiger partial charge in [0.1, 0.15) is 0 Å². The van der Waals surface area contributed by atoms with Crippen LogP contribution in [0.2, 0.25) is 0 Å². The number of aliphatic hydroxyl groups excluding tert-OH is 1. The van der Waals surface area contributed by atoms with Crippen LogP contribution in [0.25, 0.3) is 11.1 Å². The molecule has 3 aromatic rings. The molecule has 2 fully saturated rings. The van der Waals surface area contributed by atoms with Crippen LogP contribution < -0.4 is 5.32 Å². The van der Waals surface area contributed by atoms with E-state index in [-0.39, 0.29) is 43.5 Å². The van der Waals surface area contributed by atoms with Crippen molar-refractivity contribution in [1.29, 1.82) is 0 Å². The smallest absolute Gasteiger partial charge is 0.303 e. The summed E-state index contributed by atoms with van der Waals surface area (Å²) in [6.45, 7) is 5.67. The number of amides is 1. The van der Waals surface area contributed by atoms with Crippen LogP contribution in [0.4, 0.5) is 0 Å². The molecular formula is C36H44N2O6. The molecule has 0 bridgehead atoms. The van der Waals surface area contributed by atoms with Crippen LogP contribution in [0.1, 0.15) is 80.1 Å². The first-order chi connectivity index (χ1) is 21.4. The third-order valence-electron chi connectivity index (χ3n) is 8.71. The lowest BCUT2D eigenvalue weighted by Crippen LogP contribution is -2.45. The van der Waals surface area contributed by atoms with E-state index in [2.05, 4.69) is 53.5 Å². The Balaban J connectivity index is 1.32. The Bertz CT molecular complexity index is 1390. The van der Waals surface area contributed by atoms with Crippen LogP contribution in [0.3, 0.4) is 0 Å². The van der Waals surface area contributed by atoms with Crippen molar-refractivity contribution in [3.63, 3.8) is 0 Å². The fraction of sp³-hybridized carbons (Fsp3) is 0.444. The number of benzene rings is 3. The zero-order chi connectivity index (χ0) is 30.9. The number of nitrogens with one attached hydrogen (secondary N) is 1. The topological polar surface area (TPSA) is 108 Å². The van der Waals surface area contributed by atoms with Gasteiger partial charge in [-0.25, -0.2) is 0 Å². The number of carbonyl (C=O) groups excluding carboxylic acids is 1. The standard InChI is InChI=1S/C36H44N2O6/c1-25-32(23-38-18-3-2-4-19-38)43-36(44-35(25)28-16-14-26(24-39)15-17-28)31-11-6-10-30(21-31)29-9-5-8-27(20-29)22-37-33(40)12-7-13-34(41)42/h5-6,8-11,14-17,20-21,25,32,35-36,39H,2-4,7,12-13,18-19,22-24H2,1H3,(H,37,40)(H,41,42). The fourth-order valence-corrected chi connectivity index (χ4v) is 6.14. The van der Waals surface area contributed by atoms with Gasteiger partial charge in [0, 0.05) is 37.4 Å². The summed E-state index contributed by atoms with van der Waals surface area (Å²) in [6, 6.07) is 24.3. The van der Waals surface area contributed by atoms with E-state index >= 15 is 0 Å². The number of aliphatic hydroxyl groups is 1. The average Bonchev–Trinajstić information content (AvgIpc) is 3.05. The molecule has 4 atom stereocenters. The van der Waals surface area contributed by atoms with Crippen molar-refractivity contribution in [2.75, 3.05) is 19.6 Å². The summed E-state index contributed by atoms with van der Waals surface area (Å²) >= 11 is 0. The van der Waals surface area contributed by atoms with Gasteiger partial charge in [-0.2, -0.15) is 0 Å². The summed E-state index contributed by atoms with van der Waals surface area (Å²) in [5, 5.41) is 21.2. The molecule has 234 valence electrons. The van der Waals surface area contributed by atoms with Crippen molar-refractivity contribution in [2.45, 2.75) is 77.1 Å². The number of carbonyl (C=O) groups is 2. The Morgan fingerprint density at radius 2 is 1.59 bits per heavy atom. The molecule has 2 saturated heterocycles. The van der Waals surface area contributed by atoms with Crippen molar-refractivity contribution in [1.82, 2.24) is 10.2 Å². The van der Waals surface area contributed by atoms with Gasteiger partial charge in [0.05, 0.1) is 18.8 Å². The molecule has 3 N–H and O–H groups in total. The molecule has 8 nitrogen and oxygen atoms in total. The molecule has 4 unspecified atom stereocenters. The highest BCUT2D eigenvalue weighted by molar-refractivity contribution is 5.76. The zero-order valence-corrected chi connectivity index (χ0v) is 25.5. The Labute approximate surface area is 260 Å². The molecule has 2 aliphatic heterocycles. The number of piperidine rings is 1. The predicted octanol–water partition coefficient (Wildman–Crippen LogP) is 5.99. The first-order valence-corrected chi connectivity index (χ1v) is 15.8. The van der Waals surface area contributed by atoms with Crippen molar-refractivity contribution >= 4 is 11.9 Å². The van der Waals surface area contributed by atoms with Crippen molar-refractivity contribution < 1.29 is 29.3 Å². The van der Waals surface area contributed by atoms with Crippen molar-refractivity contribution in [3.05, 3.63) is 95.1 Å². The van der Waals surface area contributed by atoms with Crippen LogP contribution in [-0.4, -0.2) is 52.7 Å². The van der Waals surface area contributed by atoms with E-state index in [9.17, 15) is 14.7 Å². The number of carboxylic acid groups (broad SMARTS) is 1. The van der Waals surface area contributed by atoms with Gasteiger partial charge in [0.25, 0.3) is 0 Å². The summed E-state index contributed by atoms with van der Waals surface area (Å²) in [5.41, 5.74) is 5.93. The van der Waals surface area contributed by atoms with Gasteiger partial charge in [0.2, 0.25) is 5.91 Å². The predicted molar refractivity (Wildman–Crippen MR) is 168 cm³/mol. The number of ether oxygens (including phenoxy) is 2. The molecule has 2 aliphatic rings. The minimum Gasteiger partial charge on any atom is -0.481 e. The second-order valence-electron chi connectivity index (χ2n) is 12.0. The number of rotatable bonds is 12. The summed E-state index contributed by atoms with van der Waals surface area (Å²) in [6.07, 6.45) is 3.56. The number of hydrogen-bond acceptors (Lipinski definition) is 6. The molecule has 0 aromatic heterocycles. The monoisotopic (exact) mass is 600 g/mol. The molecule has 5 rings (SSSR count). The molecule has 1 amide bonds. The van der Waals surface area contributed by atoms with Crippen LogP contribution >= 0.6 is 0 Å². The maximum atomic E-state index is 12.2. The highest BCUT2D eigenvalue weighted by Crippen LogP contribution is 2.42. The van der Waals surface area contributed by atoms with Gasteiger partial charge in [-0.05, 0) is 72.3 Å². The molecule has 0 aliphatic carbocycles. The Hall–Kier alpha value is -3.56. The Kier molecular flexibility index (Phi) is 11.2. The maximum absolute atomic E-state index is 12.2. The van der Waals surface area contributed by atoms with Gasteiger partial charge in [-0.1, -0.05) is 74.0 Å². The number of likely N-dealkylation sites (tertiary alicyclic amines) is 1. The molecule has 0 radical (unpaired) electrons. The SMILES string of the molecule is CC1C(CN2CCCCC2)OC(c2cccc(-c3cccc(CNC(=O)CCCC(=O)O)c3)c2)OC1c1ccc(CO)cc1. The first kappa shape index (κ1) is 31.9. The highest BCUT2D eigenvalue weighted by atomic mass is 16.7.